The van der Waals surface area contributed by atoms with E-state index in [4.69, 9.17) is 11.6 Å². The molecule has 0 aliphatic rings. The number of anilines is 2. The number of amides is 1. The van der Waals surface area contributed by atoms with Crippen LogP contribution in [0.1, 0.15) is 11.1 Å². The molecule has 162 valence electrons. The quantitative estimate of drug-likeness (QED) is 0.447. The highest BCUT2D eigenvalue weighted by Gasteiger charge is 2.21. The van der Waals surface area contributed by atoms with Crippen molar-refractivity contribution in [3.8, 4) is 0 Å². The Balaban J connectivity index is 1.63. The van der Waals surface area contributed by atoms with Crippen molar-refractivity contribution in [2.24, 2.45) is 0 Å². The molecule has 0 fully saturated rings. The van der Waals surface area contributed by atoms with E-state index in [-0.39, 0.29) is 6.54 Å². The standard InChI is InChI=1S/C23H23ClN2O3S2/c1-17-8-13-20(14-22(17)24)26(31(2,28)29)15-23(27)25-19-11-9-18(10-12-19)16-30-21-6-4-3-5-7-21/h3-14H,15-16H2,1-2H3,(H,25,27). The molecule has 0 atom stereocenters. The van der Waals surface area contributed by atoms with Crippen LogP contribution in [0.25, 0.3) is 0 Å². The van der Waals surface area contributed by atoms with E-state index in [9.17, 15) is 13.2 Å². The third-order valence-corrected chi connectivity index (χ3v) is 7.15. The van der Waals surface area contributed by atoms with Gasteiger partial charge in [-0.05, 0) is 54.4 Å². The Kier molecular flexibility index (Phi) is 7.64. The van der Waals surface area contributed by atoms with Crippen LogP contribution >= 0.6 is 23.4 Å². The van der Waals surface area contributed by atoms with Crippen LogP contribution in [0.3, 0.4) is 0 Å². The summed E-state index contributed by atoms with van der Waals surface area (Å²) in [5, 5.41) is 3.20. The van der Waals surface area contributed by atoms with Gasteiger partial charge < -0.3 is 5.32 Å². The van der Waals surface area contributed by atoms with Gasteiger partial charge in [0, 0.05) is 21.4 Å². The van der Waals surface area contributed by atoms with Gasteiger partial charge in [-0.2, -0.15) is 0 Å². The highest BCUT2D eigenvalue weighted by Crippen LogP contribution is 2.25. The second-order valence-corrected chi connectivity index (χ2v) is 10.4. The zero-order valence-corrected chi connectivity index (χ0v) is 19.6. The summed E-state index contributed by atoms with van der Waals surface area (Å²) in [5.74, 6) is 0.377. The molecule has 0 aromatic heterocycles. The minimum absolute atomic E-state index is 0.343. The number of carbonyl (C=O) groups is 1. The number of hydrogen-bond acceptors (Lipinski definition) is 4. The van der Waals surface area contributed by atoms with Crippen molar-refractivity contribution in [1.29, 1.82) is 0 Å². The molecule has 3 aromatic carbocycles. The van der Waals surface area contributed by atoms with Crippen LogP contribution in [-0.2, 0) is 20.6 Å². The van der Waals surface area contributed by atoms with E-state index in [1.807, 2.05) is 49.4 Å². The third kappa shape index (κ3) is 6.75. The molecule has 0 heterocycles. The Bertz CT molecular complexity index is 1150. The molecule has 3 rings (SSSR count). The number of rotatable bonds is 8. The summed E-state index contributed by atoms with van der Waals surface area (Å²) >= 11 is 7.86. The van der Waals surface area contributed by atoms with Gasteiger partial charge in [0.2, 0.25) is 15.9 Å². The van der Waals surface area contributed by atoms with Crippen LogP contribution in [0.15, 0.2) is 77.7 Å². The molecule has 5 nitrogen and oxygen atoms in total. The van der Waals surface area contributed by atoms with Gasteiger partial charge in [0.15, 0.2) is 0 Å². The van der Waals surface area contributed by atoms with Gasteiger partial charge >= 0.3 is 0 Å². The lowest BCUT2D eigenvalue weighted by Crippen LogP contribution is -2.37. The van der Waals surface area contributed by atoms with Crippen LogP contribution in [0.5, 0.6) is 0 Å². The largest absolute Gasteiger partial charge is 0.325 e. The van der Waals surface area contributed by atoms with E-state index >= 15 is 0 Å². The van der Waals surface area contributed by atoms with Gasteiger partial charge in [0.25, 0.3) is 0 Å². The highest BCUT2D eigenvalue weighted by atomic mass is 35.5. The Morgan fingerprint density at radius 3 is 2.32 bits per heavy atom. The molecule has 0 bridgehead atoms. The summed E-state index contributed by atoms with van der Waals surface area (Å²) in [7, 11) is -3.66. The topological polar surface area (TPSA) is 66.5 Å². The maximum absolute atomic E-state index is 12.5. The number of hydrogen-bond donors (Lipinski definition) is 1. The molecule has 0 unspecified atom stereocenters. The first-order valence-electron chi connectivity index (χ1n) is 9.53. The van der Waals surface area contributed by atoms with Crippen molar-refractivity contribution in [2.75, 3.05) is 22.4 Å². The van der Waals surface area contributed by atoms with Crippen molar-refractivity contribution < 1.29 is 13.2 Å². The number of nitrogens with one attached hydrogen (secondary N) is 1. The first-order valence-corrected chi connectivity index (χ1v) is 12.7. The minimum Gasteiger partial charge on any atom is -0.325 e. The molecule has 3 aromatic rings. The second kappa shape index (κ2) is 10.2. The molecule has 1 N–H and O–H groups in total. The van der Waals surface area contributed by atoms with Crippen molar-refractivity contribution in [1.82, 2.24) is 0 Å². The van der Waals surface area contributed by atoms with Crippen molar-refractivity contribution >= 4 is 50.7 Å². The number of halogens is 1. The Hall–Kier alpha value is -2.48. The average Bonchev–Trinajstić information content (AvgIpc) is 2.73. The lowest BCUT2D eigenvalue weighted by Gasteiger charge is -2.22. The molecule has 31 heavy (non-hydrogen) atoms. The Morgan fingerprint density at radius 2 is 1.71 bits per heavy atom. The van der Waals surface area contributed by atoms with Crippen molar-refractivity contribution in [3.05, 3.63) is 88.9 Å². The fraction of sp³-hybridized carbons (Fsp3) is 0.174. The van der Waals surface area contributed by atoms with Crippen LogP contribution in [0.2, 0.25) is 5.02 Å². The van der Waals surface area contributed by atoms with Crippen LogP contribution in [0, 0.1) is 6.92 Å². The van der Waals surface area contributed by atoms with Crippen LogP contribution in [0.4, 0.5) is 11.4 Å². The van der Waals surface area contributed by atoms with Gasteiger partial charge in [-0.15, -0.1) is 11.8 Å². The van der Waals surface area contributed by atoms with Crippen molar-refractivity contribution in [2.45, 2.75) is 17.6 Å². The Morgan fingerprint density at radius 1 is 1.03 bits per heavy atom. The molecule has 0 aliphatic carbocycles. The molecule has 0 aliphatic heterocycles. The van der Waals surface area contributed by atoms with Crippen molar-refractivity contribution in [3.63, 3.8) is 0 Å². The zero-order chi connectivity index (χ0) is 22.4. The lowest BCUT2D eigenvalue weighted by molar-refractivity contribution is -0.114. The number of nitrogens with zero attached hydrogens (tertiary/aromatic N) is 1. The van der Waals surface area contributed by atoms with Gasteiger partial charge in [-0.25, -0.2) is 8.42 Å². The molecular formula is C23H23ClN2O3S2. The molecule has 8 heteroatoms. The lowest BCUT2D eigenvalue weighted by atomic mass is 10.2. The third-order valence-electron chi connectivity index (χ3n) is 4.52. The average molecular weight is 475 g/mol. The molecular weight excluding hydrogens is 452 g/mol. The first kappa shape index (κ1) is 23.2. The number of sulfonamides is 1. The van der Waals surface area contributed by atoms with Gasteiger partial charge in [-0.1, -0.05) is 48.0 Å². The smallest absolute Gasteiger partial charge is 0.245 e. The number of aryl methyl sites for hydroxylation is 1. The zero-order valence-electron chi connectivity index (χ0n) is 17.2. The number of benzene rings is 3. The van der Waals surface area contributed by atoms with Gasteiger partial charge in [0.05, 0.1) is 11.9 Å². The van der Waals surface area contributed by atoms with E-state index in [0.717, 1.165) is 27.4 Å². The highest BCUT2D eigenvalue weighted by molar-refractivity contribution is 7.98. The molecule has 1 amide bonds. The molecule has 0 radical (unpaired) electrons. The second-order valence-electron chi connectivity index (χ2n) is 7.05. The first-order chi connectivity index (χ1) is 14.7. The van der Waals surface area contributed by atoms with E-state index in [0.29, 0.717) is 16.4 Å². The number of carbonyl (C=O) groups excluding carboxylic acids is 1. The van der Waals surface area contributed by atoms with E-state index in [1.54, 1.807) is 30.0 Å². The maximum Gasteiger partial charge on any atom is 0.245 e. The van der Waals surface area contributed by atoms with E-state index in [2.05, 4.69) is 17.4 Å². The van der Waals surface area contributed by atoms with E-state index < -0.39 is 15.9 Å². The molecule has 0 spiro atoms. The van der Waals surface area contributed by atoms with Crippen LogP contribution < -0.4 is 9.62 Å². The maximum atomic E-state index is 12.5. The molecule has 0 saturated heterocycles. The summed E-state index contributed by atoms with van der Waals surface area (Å²) in [5.41, 5.74) is 2.91. The normalized spacial score (nSPS) is 11.2. The fourth-order valence-corrected chi connectivity index (χ4v) is 4.73. The SMILES string of the molecule is Cc1ccc(N(CC(=O)Nc2ccc(CSc3ccccc3)cc2)S(C)(=O)=O)cc1Cl. The predicted octanol–water partition coefficient (Wildman–Crippen LogP) is 5.35. The summed E-state index contributed by atoms with van der Waals surface area (Å²) in [6.07, 6.45) is 1.06. The van der Waals surface area contributed by atoms with Crippen LogP contribution in [-0.4, -0.2) is 27.1 Å². The summed E-state index contributed by atoms with van der Waals surface area (Å²) < 4.78 is 25.5. The monoisotopic (exact) mass is 474 g/mol. The Labute approximate surface area is 192 Å². The predicted molar refractivity (Wildman–Crippen MR) is 129 cm³/mol. The minimum atomic E-state index is -3.66. The van der Waals surface area contributed by atoms with Gasteiger partial charge in [0.1, 0.15) is 6.54 Å². The fourth-order valence-electron chi connectivity index (χ4n) is 2.84. The number of thioether (sulfide) groups is 1. The van der Waals surface area contributed by atoms with E-state index in [1.165, 1.54) is 4.90 Å². The summed E-state index contributed by atoms with van der Waals surface area (Å²) in [4.78, 5) is 13.7. The summed E-state index contributed by atoms with van der Waals surface area (Å²) in [6, 6.07) is 22.5. The summed E-state index contributed by atoms with van der Waals surface area (Å²) in [6.45, 7) is 1.48. The molecule has 0 saturated carbocycles. The van der Waals surface area contributed by atoms with Gasteiger partial charge in [-0.3, -0.25) is 9.10 Å².